The first-order valence-corrected chi connectivity index (χ1v) is 8.53. The van der Waals surface area contributed by atoms with Crippen molar-refractivity contribution in [2.45, 2.75) is 13.2 Å². The van der Waals surface area contributed by atoms with Crippen molar-refractivity contribution < 1.29 is 18.7 Å². The average Bonchev–Trinajstić information content (AvgIpc) is 3.32. The zero-order chi connectivity index (χ0) is 18.6. The fourth-order valence-electron chi connectivity index (χ4n) is 2.96. The van der Waals surface area contributed by atoms with E-state index in [1.807, 2.05) is 47.1 Å². The van der Waals surface area contributed by atoms with Crippen LogP contribution in [0.3, 0.4) is 0 Å². The minimum atomic E-state index is -0.457. The molecular weight excluding hydrogens is 344 g/mol. The summed E-state index contributed by atoms with van der Waals surface area (Å²) in [4.78, 5) is 11.8. The number of fused-ring (bicyclic) bond motifs is 1. The molecule has 136 valence electrons. The number of hydrogen-bond donors (Lipinski definition) is 0. The highest BCUT2D eigenvalue weighted by Crippen LogP contribution is 2.26. The van der Waals surface area contributed by atoms with E-state index in [0.29, 0.717) is 23.7 Å². The molecule has 0 N–H and O–H groups in total. The van der Waals surface area contributed by atoms with Crippen LogP contribution in [0.15, 0.2) is 71.3 Å². The van der Waals surface area contributed by atoms with Crippen LogP contribution in [-0.2, 0) is 17.9 Å². The topological polar surface area (TPSA) is 66.5 Å². The van der Waals surface area contributed by atoms with Gasteiger partial charge in [-0.1, -0.05) is 42.5 Å². The Bertz CT molecular complexity index is 1070. The van der Waals surface area contributed by atoms with Gasteiger partial charge in [-0.05, 0) is 23.8 Å². The van der Waals surface area contributed by atoms with Crippen LogP contribution in [0.4, 0.5) is 0 Å². The molecule has 2 aromatic carbocycles. The molecule has 0 saturated carbocycles. The standard InChI is InChI=1S/C21H18N2O4/c1-25-21(24)17-11-12-26-19(17)14-27-20-16-9-5-6-10-18(16)23(22-20)13-15-7-3-2-4-8-15/h2-12H,13-14H2,1H3. The molecular formula is C21H18N2O4. The molecule has 0 spiro atoms. The van der Waals surface area contributed by atoms with Crippen LogP contribution in [-0.4, -0.2) is 22.9 Å². The molecule has 0 amide bonds. The molecule has 0 fully saturated rings. The molecule has 0 aliphatic rings. The fourth-order valence-corrected chi connectivity index (χ4v) is 2.96. The van der Waals surface area contributed by atoms with Crippen LogP contribution in [0.25, 0.3) is 10.9 Å². The number of benzene rings is 2. The van der Waals surface area contributed by atoms with Gasteiger partial charge in [0.05, 0.1) is 30.8 Å². The van der Waals surface area contributed by atoms with Crippen molar-refractivity contribution in [3.8, 4) is 5.88 Å². The SMILES string of the molecule is COC(=O)c1ccoc1COc1nn(Cc2ccccc2)c2ccccc12. The molecule has 0 radical (unpaired) electrons. The monoisotopic (exact) mass is 362 g/mol. The Balaban J connectivity index is 1.61. The molecule has 0 atom stereocenters. The number of carbonyl (C=O) groups is 1. The van der Waals surface area contributed by atoms with Gasteiger partial charge in [-0.2, -0.15) is 0 Å². The molecule has 0 bridgehead atoms. The van der Waals surface area contributed by atoms with Crippen molar-refractivity contribution in [2.24, 2.45) is 0 Å². The molecule has 6 heteroatoms. The van der Waals surface area contributed by atoms with Gasteiger partial charge in [0.1, 0.15) is 12.2 Å². The Kier molecular flexibility index (Phi) is 4.61. The predicted molar refractivity (Wildman–Crippen MR) is 99.7 cm³/mol. The minimum absolute atomic E-state index is 0.0871. The normalized spacial score (nSPS) is 10.9. The number of methoxy groups -OCH3 is 1. The molecule has 27 heavy (non-hydrogen) atoms. The third kappa shape index (κ3) is 3.42. The summed E-state index contributed by atoms with van der Waals surface area (Å²) in [5, 5.41) is 5.52. The molecule has 0 aliphatic carbocycles. The van der Waals surface area contributed by atoms with Crippen LogP contribution < -0.4 is 4.74 Å². The quantitative estimate of drug-likeness (QED) is 0.484. The smallest absolute Gasteiger partial charge is 0.341 e. The molecule has 4 aromatic rings. The second kappa shape index (κ2) is 7.37. The van der Waals surface area contributed by atoms with Crippen molar-refractivity contribution in [3.63, 3.8) is 0 Å². The van der Waals surface area contributed by atoms with Crippen molar-refractivity contribution in [1.29, 1.82) is 0 Å². The highest BCUT2D eigenvalue weighted by Gasteiger charge is 2.17. The van der Waals surface area contributed by atoms with E-state index in [1.54, 1.807) is 6.07 Å². The Hall–Kier alpha value is -3.54. The largest absolute Gasteiger partial charge is 0.468 e. The van der Waals surface area contributed by atoms with Crippen molar-refractivity contribution in [2.75, 3.05) is 7.11 Å². The van der Waals surface area contributed by atoms with Gasteiger partial charge in [0, 0.05) is 0 Å². The summed E-state index contributed by atoms with van der Waals surface area (Å²) in [5.41, 5.74) is 2.48. The number of carbonyl (C=O) groups excluding carboxylic acids is 1. The molecule has 0 saturated heterocycles. The summed E-state index contributed by atoms with van der Waals surface area (Å²) in [6, 6.07) is 19.6. The third-order valence-electron chi connectivity index (χ3n) is 4.29. The van der Waals surface area contributed by atoms with E-state index < -0.39 is 5.97 Å². The number of para-hydroxylation sites is 1. The van der Waals surface area contributed by atoms with Crippen LogP contribution in [0.2, 0.25) is 0 Å². The predicted octanol–water partition coefficient (Wildman–Crippen LogP) is 4.04. The second-order valence-electron chi connectivity index (χ2n) is 6.00. The summed E-state index contributed by atoms with van der Waals surface area (Å²) in [5.74, 6) is 0.444. The molecule has 4 rings (SSSR count). The zero-order valence-electron chi connectivity index (χ0n) is 14.8. The minimum Gasteiger partial charge on any atom is -0.468 e. The molecule has 2 aromatic heterocycles. The van der Waals surface area contributed by atoms with E-state index in [4.69, 9.17) is 13.9 Å². The molecule has 0 aliphatic heterocycles. The van der Waals surface area contributed by atoms with Gasteiger partial charge in [0.25, 0.3) is 0 Å². The number of aromatic nitrogens is 2. The zero-order valence-corrected chi connectivity index (χ0v) is 14.8. The van der Waals surface area contributed by atoms with Crippen LogP contribution in [0, 0.1) is 0 Å². The van der Waals surface area contributed by atoms with E-state index in [1.165, 1.54) is 13.4 Å². The summed E-state index contributed by atoms with van der Waals surface area (Å²) in [6.07, 6.45) is 1.44. The molecule has 6 nitrogen and oxygen atoms in total. The maximum atomic E-state index is 11.8. The Morgan fingerprint density at radius 1 is 1.07 bits per heavy atom. The summed E-state index contributed by atoms with van der Waals surface area (Å²) in [7, 11) is 1.33. The van der Waals surface area contributed by atoms with E-state index in [0.717, 1.165) is 16.5 Å². The number of rotatable bonds is 6. The fraction of sp³-hybridized carbons (Fsp3) is 0.143. The number of ether oxygens (including phenoxy) is 2. The summed E-state index contributed by atoms with van der Waals surface area (Å²) in [6.45, 7) is 0.725. The first kappa shape index (κ1) is 16.9. The maximum absolute atomic E-state index is 11.8. The van der Waals surface area contributed by atoms with E-state index >= 15 is 0 Å². The Morgan fingerprint density at radius 3 is 2.67 bits per heavy atom. The second-order valence-corrected chi connectivity index (χ2v) is 6.00. The van der Waals surface area contributed by atoms with Crippen LogP contribution >= 0.6 is 0 Å². The Labute approximate surface area is 155 Å². The van der Waals surface area contributed by atoms with Gasteiger partial charge in [-0.15, -0.1) is 5.10 Å². The number of esters is 1. The van der Waals surface area contributed by atoms with Gasteiger partial charge in [-0.3, -0.25) is 4.68 Å². The lowest BCUT2D eigenvalue weighted by Crippen LogP contribution is -2.06. The Morgan fingerprint density at radius 2 is 1.85 bits per heavy atom. The van der Waals surface area contributed by atoms with E-state index in [9.17, 15) is 4.79 Å². The summed E-state index contributed by atoms with van der Waals surface area (Å²) >= 11 is 0. The van der Waals surface area contributed by atoms with Gasteiger partial charge < -0.3 is 13.9 Å². The van der Waals surface area contributed by atoms with Crippen LogP contribution in [0.1, 0.15) is 21.7 Å². The lowest BCUT2D eigenvalue weighted by Gasteiger charge is -2.04. The number of furan rings is 1. The van der Waals surface area contributed by atoms with Crippen molar-refractivity contribution in [3.05, 3.63) is 83.8 Å². The lowest BCUT2D eigenvalue weighted by atomic mass is 10.2. The lowest BCUT2D eigenvalue weighted by molar-refractivity contribution is 0.0595. The highest BCUT2D eigenvalue weighted by atomic mass is 16.5. The van der Waals surface area contributed by atoms with E-state index in [2.05, 4.69) is 17.2 Å². The number of hydrogen-bond acceptors (Lipinski definition) is 5. The number of nitrogens with zero attached hydrogens (tertiary/aromatic N) is 2. The highest BCUT2D eigenvalue weighted by molar-refractivity contribution is 5.90. The first-order chi connectivity index (χ1) is 13.3. The van der Waals surface area contributed by atoms with Crippen molar-refractivity contribution in [1.82, 2.24) is 9.78 Å². The first-order valence-electron chi connectivity index (χ1n) is 8.53. The molecule has 0 unspecified atom stereocenters. The van der Waals surface area contributed by atoms with Crippen molar-refractivity contribution >= 4 is 16.9 Å². The van der Waals surface area contributed by atoms with E-state index in [-0.39, 0.29) is 6.61 Å². The van der Waals surface area contributed by atoms with Gasteiger partial charge in [0.2, 0.25) is 5.88 Å². The van der Waals surface area contributed by atoms with Gasteiger partial charge in [-0.25, -0.2) is 4.79 Å². The third-order valence-corrected chi connectivity index (χ3v) is 4.29. The van der Waals surface area contributed by atoms with Gasteiger partial charge in [0.15, 0.2) is 5.76 Å². The average molecular weight is 362 g/mol. The molecule has 2 heterocycles. The van der Waals surface area contributed by atoms with Crippen LogP contribution in [0.5, 0.6) is 5.88 Å². The maximum Gasteiger partial charge on any atom is 0.341 e. The van der Waals surface area contributed by atoms with Gasteiger partial charge >= 0.3 is 5.97 Å². The summed E-state index contributed by atoms with van der Waals surface area (Å²) < 4.78 is 17.9.